The average Bonchev–Trinajstić information content (AvgIpc) is 2.36. The van der Waals surface area contributed by atoms with Crippen molar-refractivity contribution in [3.8, 4) is 0 Å². The molecule has 0 fully saturated rings. The third-order valence-corrected chi connectivity index (χ3v) is 3.77. The van der Waals surface area contributed by atoms with Gasteiger partial charge in [-0.25, -0.2) is 0 Å². The summed E-state index contributed by atoms with van der Waals surface area (Å²) in [5.74, 6) is 0. The molecular weight excluding hydrogens is 332 g/mol. The molecular formula is C13H20BrClN2O2. The van der Waals surface area contributed by atoms with Crippen molar-refractivity contribution in [2.45, 2.75) is 12.5 Å². The molecule has 0 saturated carbocycles. The van der Waals surface area contributed by atoms with Gasteiger partial charge in [-0.2, -0.15) is 0 Å². The first-order chi connectivity index (χ1) is 9.08. The molecule has 0 aliphatic rings. The molecule has 1 unspecified atom stereocenters. The Labute approximate surface area is 127 Å². The van der Waals surface area contributed by atoms with Gasteiger partial charge in [-0.05, 0) is 24.1 Å². The standard InChI is InChI=1S/C13H20BrClN2O2/c14-10-1-2-11(12(15)9-10)13(16)3-4-17(5-7-18)6-8-19/h1-2,9,13,18-19H,3-8,16H2. The quantitative estimate of drug-likeness (QED) is 0.668. The zero-order valence-corrected chi connectivity index (χ0v) is 13.1. The SMILES string of the molecule is NC(CCN(CCO)CCO)c1ccc(Br)cc1Cl. The van der Waals surface area contributed by atoms with Gasteiger partial charge in [-0.3, -0.25) is 4.90 Å². The maximum atomic E-state index is 8.94. The Hall–Kier alpha value is -0.170. The van der Waals surface area contributed by atoms with Crippen LogP contribution in [0, 0.1) is 0 Å². The first-order valence-corrected chi connectivity index (χ1v) is 7.40. The van der Waals surface area contributed by atoms with Crippen LogP contribution in [-0.2, 0) is 0 Å². The summed E-state index contributed by atoms with van der Waals surface area (Å²) in [7, 11) is 0. The van der Waals surface area contributed by atoms with E-state index in [9.17, 15) is 0 Å². The minimum absolute atomic E-state index is 0.0777. The summed E-state index contributed by atoms with van der Waals surface area (Å²) in [4.78, 5) is 1.98. The number of hydrogen-bond donors (Lipinski definition) is 3. The molecule has 0 radical (unpaired) electrons. The van der Waals surface area contributed by atoms with Crippen LogP contribution in [-0.4, -0.2) is 48.0 Å². The van der Waals surface area contributed by atoms with Gasteiger partial charge < -0.3 is 15.9 Å². The van der Waals surface area contributed by atoms with Crippen LogP contribution >= 0.6 is 27.5 Å². The van der Waals surface area contributed by atoms with Gasteiger partial charge in [0.2, 0.25) is 0 Å². The predicted octanol–water partition coefficient (Wildman–Crippen LogP) is 1.78. The fourth-order valence-corrected chi connectivity index (χ4v) is 2.71. The summed E-state index contributed by atoms with van der Waals surface area (Å²) < 4.78 is 0.927. The van der Waals surface area contributed by atoms with E-state index in [2.05, 4.69) is 15.9 Å². The van der Waals surface area contributed by atoms with E-state index in [1.807, 2.05) is 23.1 Å². The minimum atomic E-state index is -0.152. The smallest absolute Gasteiger partial charge is 0.0558 e. The van der Waals surface area contributed by atoms with Crippen LogP contribution in [0.25, 0.3) is 0 Å². The summed E-state index contributed by atoms with van der Waals surface area (Å²) in [6.45, 7) is 1.96. The molecule has 0 heterocycles. The highest BCUT2D eigenvalue weighted by Gasteiger charge is 2.12. The van der Waals surface area contributed by atoms with E-state index >= 15 is 0 Å². The Morgan fingerprint density at radius 3 is 2.37 bits per heavy atom. The van der Waals surface area contributed by atoms with Crippen LogP contribution in [0.15, 0.2) is 22.7 Å². The molecule has 1 rings (SSSR count). The molecule has 0 bridgehead atoms. The summed E-state index contributed by atoms with van der Waals surface area (Å²) in [6, 6.07) is 5.51. The third-order valence-electron chi connectivity index (χ3n) is 2.95. The van der Waals surface area contributed by atoms with E-state index in [0.29, 0.717) is 24.7 Å². The minimum Gasteiger partial charge on any atom is -0.395 e. The van der Waals surface area contributed by atoms with Crippen molar-refractivity contribution in [3.05, 3.63) is 33.3 Å². The largest absolute Gasteiger partial charge is 0.395 e. The Bertz CT molecular complexity index is 387. The van der Waals surface area contributed by atoms with Crippen molar-refractivity contribution in [1.82, 2.24) is 4.90 Å². The highest BCUT2D eigenvalue weighted by Crippen LogP contribution is 2.26. The van der Waals surface area contributed by atoms with Crippen LogP contribution < -0.4 is 5.73 Å². The first-order valence-electron chi connectivity index (χ1n) is 6.23. The molecule has 108 valence electrons. The number of halogens is 2. The lowest BCUT2D eigenvalue weighted by Gasteiger charge is -2.22. The lowest BCUT2D eigenvalue weighted by molar-refractivity contribution is 0.157. The normalized spacial score (nSPS) is 12.9. The Kier molecular flexibility index (Phi) is 7.90. The van der Waals surface area contributed by atoms with Gasteiger partial charge in [-0.15, -0.1) is 0 Å². The van der Waals surface area contributed by atoms with E-state index in [0.717, 1.165) is 16.5 Å². The van der Waals surface area contributed by atoms with E-state index in [1.165, 1.54) is 0 Å². The molecule has 4 nitrogen and oxygen atoms in total. The van der Waals surface area contributed by atoms with Crippen molar-refractivity contribution in [1.29, 1.82) is 0 Å². The van der Waals surface area contributed by atoms with Gasteiger partial charge >= 0.3 is 0 Å². The van der Waals surface area contributed by atoms with Gasteiger partial charge in [0.15, 0.2) is 0 Å². The molecule has 0 aliphatic carbocycles. The van der Waals surface area contributed by atoms with Crippen molar-refractivity contribution in [2.75, 3.05) is 32.8 Å². The van der Waals surface area contributed by atoms with Crippen molar-refractivity contribution < 1.29 is 10.2 Å². The maximum absolute atomic E-state index is 8.94. The summed E-state index contributed by atoms with van der Waals surface area (Å²) in [5, 5.41) is 18.5. The zero-order chi connectivity index (χ0) is 14.3. The van der Waals surface area contributed by atoms with Crippen molar-refractivity contribution in [2.24, 2.45) is 5.73 Å². The lowest BCUT2D eigenvalue weighted by Crippen LogP contribution is -2.32. The molecule has 1 aromatic rings. The lowest BCUT2D eigenvalue weighted by atomic mass is 10.0. The van der Waals surface area contributed by atoms with Crippen LogP contribution in [0.5, 0.6) is 0 Å². The molecule has 0 saturated heterocycles. The van der Waals surface area contributed by atoms with E-state index in [4.69, 9.17) is 27.5 Å². The van der Waals surface area contributed by atoms with E-state index in [1.54, 1.807) is 0 Å². The number of nitrogens with zero attached hydrogens (tertiary/aromatic N) is 1. The number of aliphatic hydroxyl groups excluding tert-OH is 2. The Morgan fingerprint density at radius 1 is 1.21 bits per heavy atom. The number of benzene rings is 1. The maximum Gasteiger partial charge on any atom is 0.0558 e. The Balaban J connectivity index is 2.55. The second kappa shape index (κ2) is 8.89. The molecule has 0 spiro atoms. The predicted molar refractivity (Wildman–Crippen MR) is 81.3 cm³/mol. The highest BCUT2D eigenvalue weighted by molar-refractivity contribution is 9.10. The average molecular weight is 352 g/mol. The number of aliphatic hydroxyl groups is 2. The highest BCUT2D eigenvalue weighted by atomic mass is 79.9. The van der Waals surface area contributed by atoms with Gasteiger partial charge in [-0.1, -0.05) is 33.6 Å². The summed E-state index contributed by atoms with van der Waals surface area (Å²) >= 11 is 9.52. The van der Waals surface area contributed by atoms with Gasteiger partial charge in [0.25, 0.3) is 0 Å². The van der Waals surface area contributed by atoms with Crippen LogP contribution in [0.1, 0.15) is 18.0 Å². The monoisotopic (exact) mass is 350 g/mol. The molecule has 4 N–H and O–H groups in total. The molecule has 0 amide bonds. The van der Waals surface area contributed by atoms with E-state index < -0.39 is 0 Å². The molecule has 0 aromatic heterocycles. The third kappa shape index (κ3) is 5.77. The molecule has 1 atom stereocenters. The van der Waals surface area contributed by atoms with E-state index in [-0.39, 0.29) is 19.3 Å². The second-order valence-electron chi connectivity index (χ2n) is 4.35. The fraction of sp³-hybridized carbons (Fsp3) is 0.538. The fourth-order valence-electron chi connectivity index (χ4n) is 1.90. The van der Waals surface area contributed by atoms with Crippen molar-refractivity contribution >= 4 is 27.5 Å². The van der Waals surface area contributed by atoms with Gasteiger partial charge in [0.1, 0.15) is 0 Å². The van der Waals surface area contributed by atoms with Gasteiger partial charge in [0, 0.05) is 35.2 Å². The van der Waals surface area contributed by atoms with Gasteiger partial charge in [0.05, 0.1) is 13.2 Å². The molecule has 0 aliphatic heterocycles. The molecule has 6 heteroatoms. The topological polar surface area (TPSA) is 69.7 Å². The summed E-state index contributed by atoms with van der Waals surface area (Å²) in [5.41, 5.74) is 7.05. The second-order valence-corrected chi connectivity index (χ2v) is 5.67. The zero-order valence-electron chi connectivity index (χ0n) is 10.7. The van der Waals surface area contributed by atoms with Crippen molar-refractivity contribution in [3.63, 3.8) is 0 Å². The number of hydrogen-bond acceptors (Lipinski definition) is 4. The number of rotatable bonds is 8. The molecule has 19 heavy (non-hydrogen) atoms. The Morgan fingerprint density at radius 2 is 1.84 bits per heavy atom. The number of nitrogens with two attached hydrogens (primary N) is 1. The first kappa shape index (κ1) is 16.9. The summed E-state index contributed by atoms with van der Waals surface area (Å²) in [6.07, 6.45) is 0.724. The van der Waals surface area contributed by atoms with Crippen LogP contribution in [0.4, 0.5) is 0 Å². The van der Waals surface area contributed by atoms with Crippen LogP contribution in [0.2, 0.25) is 5.02 Å². The molecule has 1 aromatic carbocycles. The van der Waals surface area contributed by atoms with Crippen LogP contribution in [0.3, 0.4) is 0 Å².